The lowest BCUT2D eigenvalue weighted by atomic mass is 10.1. The zero-order chi connectivity index (χ0) is 19.0. The van der Waals surface area contributed by atoms with Crippen LogP contribution in [0, 0.1) is 6.92 Å². The highest BCUT2D eigenvalue weighted by Gasteiger charge is 2.16. The normalized spacial score (nSPS) is 16.3. The molecule has 0 amide bonds. The summed E-state index contributed by atoms with van der Waals surface area (Å²) in [5, 5.41) is 1.15. The molecule has 1 aliphatic heterocycles. The molecule has 0 atom stereocenters. The Hall–Kier alpha value is -1.89. The summed E-state index contributed by atoms with van der Waals surface area (Å²) >= 11 is 3.44. The first kappa shape index (κ1) is 18.5. The molecule has 1 aromatic heterocycles. The molecule has 0 unspecified atom stereocenters. The third-order valence-electron chi connectivity index (χ3n) is 5.11. The fraction of sp³-hybridized carbons (Fsp3) is 0.381. The Bertz CT molecular complexity index is 1040. The van der Waals surface area contributed by atoms with Crippen molar-refractivity contribution in [3.05, 3.63) is 50.6 Å². The average molecular weight is 431 g/mol. The lowest BCUT2D eigenvalue weighted by Crippen LogP contribution is -2.45. The van der Waals surface area contributed by atoms with Crippen LogP contribution in [-0.2, 0) is 0 Å². The van der Waals surface area contributed by atoms with E-state index < -0.39 is 0 Å². The molecule has 0 bridgehead atoms. The molecule has 3 aromatic rings. The molecule has 0 aliphatic carbocycles. The molecule has 1 fully saturated rings. The van der Waals surface area contributed by atoms with E-state index in [9.17, 15) is 4.79 Å². The Morgan fingerprint density at radius 1 is 1.11 bits per heavy atom. The van der Waals surface area contributed by atoms with Gasteiger partial charge < -0.3 is 14.1 Å². The van der Waals surface area contributed by atoms with Gasteiger partial charge in [0, 0.05) is 37.2 Å². The number of piperazine rings is 1. The van der Waals surface area contributed by atoms with Gasteiger partial charge >= 0.3 is 0 Å². The topological polar surface area (TPSA) is 45.9 Å². The van der Waals surface area contributed by atoms with Crippen LogP contribution in [-0.4, -0.2) is 56.2 Å². The van der Waals surface area contributed by atoms with Crippen LogP contribution < -0.4 is 10.2 Å². The van der Waals surface area contributed by atoms with Crippen LogP contribution in [0.3, 0.4) is 0 Å². The van der Waals surface area contributed by atoms with E-state index in [0.29, 0.717) is 34.3 Å². The van der Waals surface area contributed by atoms with Crippen LogP contribution >= 0.6 is 15.9 Å². The van der Waals surface area contributed by atoms with Crippen molar-refractivity contribution >= 4 is 37.9 Å². The van der Waals surface area contributed by atoms with Gasteiger partial charge in [-0.05, 0) is 49.9 Å². The number of hydrogen-bond donors (Lipinski definition) is 0. The van der Waals surface area contributed by atoms with E-state index in [1.165, 1.54) is 0 Å². The lowest BCUT2D eigenvalue weighted by Gasteiger charge is -2.32. The van der Waals surface area contributed by atoms with E-state index in [4.69, 9.17) is 9.15 Å². The summed E-state index contributed by atoms with van der Waals surface area (Å²) in [6.45, 7) is 7.70. The van der Waals surface area contributed by atoms with E-state index in [1.807, 2.05) is 31.2 Å². The van der Waals surface area contributed by atoms with Crippen molar-refractivity contribution in [3.8, 4) is 5.75 Å². The zero-order valence-corrected chi connectivity index (χ0v) is 17.2. The first-order valence-electron chi connectivity index (χ1n) is 9.22. The Kier molecular flexibility index (Phi) is 5.21. The van der Waals surface area contributed by atoms with Gasteiger partial charge in [0.15, 0.2) is 11.3 Å². The maximum Gasteiger partial charge on any atom is 0.200 e. The summed E-state index contributed by atoms with van der Waals surface area (Å²) in [5.41, 5.74) is 2.05. The molecule has 0 spiro atoms. The predicted octanol–water partition coefficient (Wildman–Crippen LogP) is 3.64. The van der Waals surface area contributed by atoms with Crippen LogP contribution in [0.15, 0.2) is 44.0 Å². The number of aryl methyl sites for hydroxylation is 1. The minimum absolute atomic E-state index is 0.0219. The molecule has 1 saturated heterocycles. The lowest BCUT2D eigenvalue weighted by molar-refractivity contribution is 0.134. The number of halogens is 1. The highest BCUT2D eigenvalue weighted by molar-refractivity contribution is 9.10. The zero-order valence-electron chi connectivity index (χ0n) is 15.6. The second-order valence-corrected chi connectivity index (χ2v) is 8.12. The van der Waals surface area contributed by atoms with Gasteiger partial charge in [-0.1, -0.05) is 15.9 Å². The maximum absolute atomic E-state index is 12.9. The van der Waals surface area contributed by atoms with Gasteiger partial charge in [0.2, 0.25) is 5.43 Å². The van der Waals surface area contributed by atoms with E-state index >= 15 is 0 Å². The maximum atomic E-state index is 12.9. The molecule has 27 heavy (non-hydrogen) atoms. The number of likely N-dealkylation sites (N-methyl/N-ethyl adjacent to an activating group) is 1. The molecule has 2 heterocycles. The largest absolute Gasteiger partial charge is 0.488 e. The Morgan fingerprint density at radius 3 is 2.67 bits per heavy atom. The molecule has 2 aromatic carbocycles. The number of nitrogens with zero attached hydrogens (tertiary/aromatic N) is 2. The van der Waals surface area contributed by atoms with Gasteiger partial charge in [0.25, 0.3) is 0 Å². The van der Waals surface area contributed by atoms with E-state index in [1.54, 1.807) is 6.07 Å². The van der Waals surface area contributed by atoms with Gasteiger partial charge in [-0.15, -0.1) is 0 Å². The Labute approximate surface area is 166 Å². The smallest absolute Gasteiger partial charge is 0.200 e. The summed E-state index contributed by atoms with van der Waals surface area (Å²) in [5.74, 6) is 0.637. The number of ether oxygens (including phenoxy) is 1. The van der Waals surface area contributed by atoms with Crippen LogP contribution in [0.1, 0.15) is 5.56 Å². The van der Waals surface area contributed by atoms with Crippen molar-refractivity contribution in [2.75, 3.05) is 46.4 Å². The average Bonchev–Trinajstić information content (AvgIpc) is 2.64. The molecule has 1 aliphatic rings. The summed E-state index contributed by atoms with van der Waals surface area (Å²) in [6.07, 6.45) is 0. The highest BCUT2D eigenvalue weighted by atomic mass is 79.9. The second kappa shape index (κ2) is 7.62. The monoisotopic (exact) mass is 430 g/mol. The molecule has 0 saturated carbocycles. The van der Waals surface area contributed by atoms with Gasteiger partial charge in [-0.3, -0.25) is 9.69 Å². The predicted molar refractivity (Wildman–Crippen MR) is 112 cm³/mol. The molecule has 4 rings (SSSR count). The number of rotatable bonds is 4. The fourth-order valence-electron chi connectivity index (χ4n) is 3.50. The summed E-state index contributed by atoms with van der Waals surface area (Å²) in [6, 6.07) is 9.29. The van der Waals surface area contributed by atoms with Gasteiger partial charge in [0.05, 0.1) is 10.8 Å². The van der Waals surface area contributed by atoms with Crippen molar-refractivity contribution in [3.63, 3.8) is 0 Å². The minimum Gasteiger partial charge on any atom is -0.488 e. The summed E-state index contributed by atoms with van der Waals surface area (Å²) in [7, 11) is 2.15. The fourth-order valence-corrected chi connectivity index (χ4v) is 3.84. The van der Waals surface area contributed by atoms with E-state index in [2.05, 4.69) is 32.8 Å². The van der Waals surface area contributed by atoms with Crippen LogP contribution in [0.25, 0.3) is 21.9 Å². The molecule has 0 radical (unpaired) electrons. The van der Waals surface area contributed by atoms with Gasteiger partial charge in [0.1, 0.15) is 12.2 Å². The van der Waals surface area contributed by atoms with Crippen molar-refractivity contribution in [2.45, 2.75) is 6.92 Å². The van der Waals surface area contributed by atoms with Crippen LogP contribution in [0.5, 0.6) is 5.75 Å². The Morgan fingerprint density at radius 2 is 1.89 bits per heavy atom. The quantitative estimate of drug-likeness (QED) is 0.591. The third-order valence-corrected chi connectivity index (χ3v) is 5.60. The van der Waals surface area contributed by atoms with Crippen molar-refractivity contribution in [1.82, 2.24) is 9.80 Å². The first-order chi connectivity index (χ1) is 13.0. The van der Waals surface area contributed by atoms with Crippen molar-refractivity contribution < 1.29 is 9.15 Å². The van der Waals surface area contributed by atoms with Gasteiger partial charge in [-0.25, -0.2) is 0 Å². The third kappa shape index (κ3) is 3.88. The SMILES string of the molecule is Cc1cc(OCCN2CCN(C)CC2)c2oc3cc(Br)ccc3c(=O)c2c1. The molecule has 5 nitrogen and oxygen atoms in total. The molecule has 6 heteroatoms. The molecule has 142 valence electrons. The molecular formula is C21H23BrN2O3. The highest BCUT2D eigenvalue weighted by Crippen LogP contribution is 2.29. The first-order valence-corrected chi connectivity index (χ1v) is 10.0. The molecular weight excluding hydrogens is 408 g/mol. The number of benzene rings is 2. The van der Waals surface area contributed by atoms with Gasteiger partial charge in [-0.2, -0.15) is 0 Å². The second-order valence-electron chi connectivity index (χ2n) is 7.20. The Balaban J connectivity index is 1.63. The van der Waals surface area contributed by atoms with Crippen LogP contribution in [0.4, 0.5) is 0 Å². The van der Waals surface area contributed by atoms with E-state index in [0.717, 1.165) is 42.8 Å². The number of hydrogen-bond acceptors (Lipinski definition) is 5. The standard InChI is InChI=1S/C21H23BrN2O3/c1-14-11-17-20(25)16-4-3-15(22)13-18(16)27-21(17)19(12-14)26-10-9-24-7-5-23(2)6-8-24/h3-4,11-13H,5-10H2,1-2H3. The minimum atomic E-state index is -0.0219. The summed E-state index contributed by atoms with van der Waals surface area (Å²) in [4.78, 5) is 17.7. The van der Waals surface area contributed by atoms with E-state index in [-0.39, 0.29) is 5.43 Å². The van der Waals surface area contributed by atoms with Crippen molar-refractivity contribution in [1.29, 1.82) is 0 Å². The van der Waals surface area contributed by atoms with Crippen molar-refractivity contribution in [2.24, 2.45) is 0 Å². The number of fused-ring (bicyclic) bond motifs is 2. The summed E-state index contributed by atoms with van der Waals surface area (Å²) < 4.78 is 13.0. The van der Waals surface area contributed by atoms with Crippen LogP contribution in [0.2, 0.25) is 0 Å². The molecule has 0 N–H and O–H groups in total.